The fourth-order valence-corrected chi connectivity index (χ4v) is 2.30. The van der Waals surface area contributed by atoms with Crippen LogP contribution < -0.4 is 20.2 Å². The average Bonchev–Trinajstić information content (AvgIpc) is 2.70. The standard InChI is InChI=1S/C21H25N3O4/c1-3-27-18-9-5-16(6-10-18)15-22-24-21(26)14-13-20(25)23-17-7-11-19(12-8-17)28-4-2/h5-12,15H,3-4,13-14H2,1-2H3,(H,23,25)(H,24,26). The molecule has 0 aliphatic heterocycles. The maximum atomic E-state index is 11.9. The Bertz CT molecular complexity index is 786. The molecule has 148 valence electrons. The Morgan fingerprint density at radius 1 is 0.857 bits per heavy atom. The summed E-state index contributed by atoms with van der Waals surface area (Å²) in [7, 11) is 0. The summed E-state index contributed by atoms with van der Waals surface area (Å²) in [5.74, 6) is 0.950. The molecule has 0 aromatic heterocycles. The van der Waals surface area contributed by atoms with Crippen molar-refractivity contribution in [2.45, 2.75) is 26.7 Å². The summed E-state index contributed by atoms with van der Waals surface area (Å²) >= 11 is 0. The van der Waals surface area contributed by atoms with Crippen molar-refractivity contribution in [1.82, 2.24) is 5.43 Å². The van der Waals surface area contributed by atoms with Crippen molar-refractivity contribution in [3.8, 4) is 11.5 Å². The first kappa shape index (κ1) is 21.0. The van der Waals surface area contributed by atoms with Gasteiger partial charge in [-0.05, 0) is 67.9 Å². The summed E-state index contributed by atoms with van der Waals surface area (Å²) in [6.45, 7) is 5.02. The highest BCUT2D eigenvalue weighted by molar-refractivity contribution is 5.93. The molecule has 0 fully saturated rings. The topological polar surface area (TPSA) is 89.0 Å². The fraction of sp³-hybridized carbons (Fsp3) is 0.286. The molecule has 7 heteroatoms. The molecule has 0 spiro atoms. The van der Waals surface area contributed by atoms with Crippen LogP contribution in [-0.2, 0) is 9.59 Å². The fourth-order valence-electron chi connectivity index (χ4n) is 2.30. The SMILES string of the molecule is CCOc1ccc(C=NNC(=O)CCC(=O)Nc2ccc(OCC)cc2)cc1. The van der Waals surface area contributed by atoms with Gasteiger partial charge in [0.2, 0.25) is 11.8 Å². The molecule has 7 nitrogen and oxygen atoms in total. The van der Waals surface area contributed by atoms with Gasteiger partial charge in [0.15, 0.2) is 0 Å². The molecule has 2 rings (SSSR count). The number of anilines is 1. The molecule has 0 saturated carbocycles. The number of hydrogen-bond donors (Lipinski definition) is 2. The highest BCUT2D eigenvalue weighted by Crippen LogP contribution is 2.16. The Morgan fingerprint density at radius 2 is 1.39 bits per heavy atom. The molecular formula is C21H25N3O4. The minimum atomic E-state index is -0.330. The van der Waals surface area contributed by atoms with Crippen LogP contribution >= 0.6 is 0 Å². The minimum Gasteiger partial charge on any atom is -0.494 e. The maximum absolute atomic E-state index is 11.9. The number of carbonyl (C=O) groups excluding carboxylic acids is 2. The van der Waals surface area contributed by atoms with Crippen LogP contribution in [0.2, 0.25) is 0 Å². The summed E-state index contributed by atoms with van der Waals surface area (Å²) in [4.78, 5) is 23.7. The number of nitrogens with zero attached hydrogens (tertiary/aromatic N) is 1. The zero-order valence-corrected chi connectivity index (χ0v) is 16.1. The van der Waals surface area contributed by atoms with Gasteiger partial charge in [-0.25, -0.2) is 5.43 Å². The first-order valence-electron chi connectivity index (χ1n) is 9.18. The predicted molar refractivity (Wildman–Crippen MR) is 109 cm³/mol. The molecule has 2 N–H and O–H groups in total. The first-order chi connectivity index (χ1) is 13.6. The quantitative estimate of drug-likeness (QED) is 0.486. The molecule has 0 heterocycles. The van der Waals surface area contributed by atoms with E-state index in [9.17, 15) is 9.59 Å². The van der Waals surface area contributed by atoms with Crippen molar-refractivity contribution in [3.63, 3.8) is 0 Å². The van der Waals surface area contributed by atoms with Crippen LogP contribution in [0, 0.1) is 0 Å². The van der Waals surface area contributed by atoms with Crippen LogP contribution in [-0.4, -0.2) is 31.2 Å². The van der Waals surface area contributed by atoms with Crippen LogP contribution in [0.5, 0.6) is 11.5 Å². The molecule has 0 radical (unpaired) electrons. The summed E-state index contributed by atoms with van der Waals surface area (Å²) < 4.78 is 10.7. The van der Waals surface area contributed by atoms with Crippen molar-refractivity contribution in [2.24, 2.45) is 5.10 Å². The van der Waals surface area contributed by atoms with Gasteiger partial charge in [-0.2, -0.15) is 5.10 Å². The second-order valence-corrected chi connectivity index (χ2v) is 5.80. The molecule has 2 aromatic carbocycles. The second kappa shape index (κ2) is 11.4. The monoisotopic (exact) mass is 383 g/mol. The van der Waals surface area contributed by atoms with Crippen LogP contribution in [0.3, 0.4) is 0 Å². The summed E-state index contributed by atoms with van der Waals surface area (Å²) in [5.41, 5.74) is 3.90. The summed E-state index contributed by atoms with van der Waals surface area (Å²) in [5, 5.41) is 6.63. The van der Waals surface area contributed by atoms with Crippen LogP contribution in [0.25, 0.3) is 0 Å². The Labute approximate surface area is 164 Å². The van der Waals surface area contributed by atoms with Crippen LogP contribution in [0.4, 0.5) is 5.69 Å². The number of benzene rings is 2. The summed E-state index contributed by atoms with van der Waals surface area (Å²) in [6, 6.07) is 14.4. The van der Waals surface area contributed by atoms with Gasteiger partial charge in [-0.3, -0.25) is 9.59 Å². The van der Waals surface area contributed by atoms with Crippen molar-refractivity contribution in [1.29, 1.82) is 0 Å². The van der Waals surface area contributed by atoms with Gasteiger partial charge < -0.3 is 14.8 Å². The normalized spacial score (nSPS) is 10.5. The largest absolute Gasteiger partial charge is 0.494 e. The lowest BCUT2D eigenvalue weighted by molar-refractivity contribution is -0.124. The van der Waals surface area contributed by atoms with E-state index >= 15 is 0 Å². The zero-order chi connectivity index (χ0) is 20.2. The Kier molecular flexibility index (Phi) is 8.52. The molecule has 2 aromatic rings. The number of amides is 2. The smallest absolute Gasteiger partial charge is 0.240 e. The number of hydrazone groups is 1. The number of carbonyl (C=O) groups is 2. The minimum absolute atomic E-state index is 0.0451. The lowest BCUT2D eigenvalue weighted by atomic mass is 10.2. The third-order valence-corrected chi connectivity index (χ3v) is 3.62. The van der Waals surface area contributed by atoms with Crippen molar-refractivity contribution >= 4 is 23.7 Å². The third kappa shape index (κ3) is 7.49. The average molecular weight is 383 g/mol. The maximum Gasteiger partial charge on any atom is 0.240 e. The predicted octanol–water partition coefficient (Wildman–Crippen LogP) is 3.35. The molecule has 0 aliphatic rings. The summed E-state index contributed by atoms with van der Waals surface area (Å²) in [6.07, 6.45) is 1.65. The van der Waals surface area contributed by atoms with Gasteiger partial charge in [-0.1, -0.05) is 0 Å². The number of nitrogens with one attached hydrogen (secondary N) is 2. The Balaban J connectivity index is 1.70. The molecule has 0 unspecified atom stereocenters. The Hall–Kier alpha value is -3.35. The van der Waals surface area contributed by atoms with Gasteiger partial charge in [0.25, 0.3) is 0 Å². The van der Waals surface area contributed by atoms with E-state index in [1.165, 1.54) is 6.21 Å². The molecule has 0 bridgehead atoms. The first-order valence-corrected chi connectivity index (χ1v) is 9.18. The van der Waals surface area contributed by atoms with Gasteiger partial charge in [0.1, 0.15) is 11.5 Å². The molecule has 0 aliphatic carbocycles. The van der Waals surface area contributed by atoms with E-state index in [-0.39, 0.29) is 24.7 Å². The van der Waals surface area contributed by atoms with Crippen LogP contribution in [0.15, 0.2) is 53.6 Å². The molecular weight excluding hydrogens is 358 g/mol. The lowest BCUT2D eigenvalue weighted by Gasteiger charge is -2.07. The van der Waals surface area contributed by atoms with Crippen LogP contribution in [0.1, 0.15) is 32.3 Å². The number of rotatable bonds is 10. The van der Waals surface area contributed by atoms with Gasteiger partial charge in [0.05, 0.1) is 19.4 Å². The van der Waals surface area contributed by atoms with Gasteiger partial charge in [0, 0.05) is 18.5 Å². The van der Waals surface area contributed by atoms with E-state index in [4.69, 9.17) is 9.47 Å². The zero-order valence-electron chi connectivity index (χ0n) is 16.1. The highest BCUT2D eigenvalue weighted by atomic mass is 16.5. The number of ether oxygens (including phenoxy) is 2. The van der Waals surface area contributed by atoms with Crippen molar-refractivity contribution < 1.29 is 19.1 Å². The Morgan fingerprint density at radius 3 is 1.96 bits per heavy atom. The van der Waals surface area contributed by atoms with E-state index < -0.39 is 0 Å². The molecule has 0 atom stereocenters. The van der Waals surface area contributed by atoms with E-state index in [0.717, 1.165) is 17.1 Å². The van der Waals surface area contributed by atoms with Gasteiger partial charge in [-0.15, -0.1) is 0 Å². The lowest BCUT2D eigenvalue weighted by Crippen LogP contribution is -2.20. The molecule has 0 saturated heterocycles. The van der Waals surface area contributed by atoms with E-state index in [0.29, 0.717) is 18.9 Å². The molecule has 28 heavy (non-hydrogen) atoms. The van der Waals surface area contributed by atoms with Crippen molar-refractivity contribution in [3.05, 3.63) is 54.1 Å². The van der Waals surface area contributed by atoms with E-state index in [1.807, 2.05) is 38.1 Å². The van der Waals surface area contributed by atoms with Gasteiger partial charge >= 0.3 is 0 Å². The third-order valence-electron chi connectivity index (χ3n) is 3.62. The molecule has 2 amide bonds. The highest BCUT2D eigenvalue weighted by Gasteiger charge is 2.07. The van der Waals surface area contributed by atoms with E-state index in [1.54, 1.807) is 24.3 Å². The second-order valence-electron chi connectivity index (χ2n) is 5.80. The van der Waals surface area contributed by atoms with Crippen molar-refractivity contribution in [2.75, 3.05) is 18.5 Å². The number of hydrogen-bond acceptors (Lipinski definition) is 5. The van der Waals surface area contributed by atoms with E-state index in [2.05, 4.69) is 15.8 Å².